The summed E-state index contributed by atoms with van der Waals surface area (Å²) in [6.07, 6.45) is 3.75. The van der Waals surface area contributed by atoms with E-state index in [4.69, 9.17) is 0 Å². The van der Waals surface area contributed by atoms with Gasteiger partial charge in [-0.25, -0.2) is 9.07 Å². The number of nitrogens with zero attached hydrogens (tertiary/aromatic N) is 2. The highest BCUT2D eigenvalue weighted by Gasteiger charge is 2.41. The lowest BCUT2D eigenvalue weighted by molar-refractivity contribution is -0.131. The first-order valence-corrected chi connectivity index (χ1v) is 12.1. The quantitative estimate of drug-likeness (QED) is 0.398. The SMILES string of the molecule is CC(C)(C(=O)N[C@@H]1CCC[C@H]1O)[C@@H](c1ccccc1)c1ccc2c(cnn2-c2ccc(F)cc2)c1. The van der Waals surface area contributed by atoms with Crippen LogP contribution in [0.1, 0.15) is 50.2 Å². The summed E-state index contributed by atoms with van der Waals surface area (Å²) in [6, 6.07) is 22.2. The Morgan fingerprint density at radius 1 is 1.06 bits per heavy atom. The number of aliphatic hydroxyl groups is 1. The molecule has 0 bridgehead atoms. The fourth-order valence-corrected chi connectivity index (χ4v) is 5.28. The first-order valence-electron chi connectivity index (χ1n) is 12.1. The number of fused-ring (bicyclic) bond motifs is 1. The highest BCUT2D eigenvalue weighted by molar-refractivity contribution is 5.85. The fourth-order valence-electron chi connectivity index (χ4n) is 5.28. The highest BCUT2D eigenvalue weighted by atomic mass is 19.1. The van der Waals surface area contributed by atoms with Crippen LogP contribution in [0.4, 0.5) is 4.39 Å². The maximum Gasteiger partial charge on any atom is 0.226 e. The van der Waals surface area contributed by atoms with Gasteiger partial charge in [0.15, 0.2) is 0 Å². The van der Waals surface area contributed by atoms with Crippen molar-refractivity contribution in [1.82, 2.24) is 15.1 Å². The zero-order valence-corrected chi connectivity index (χ0v) is 20.0. The summed E-state index contributed by atoms with van der Waals surface area (Å²) >= 11 is 0. The Labute approximate surface area is 204 Å². The normalized spacial score (nSPS) is 19.1. The lowest BCUT2D eigenvalue weighted by atomic mass is 9.70. The second kappa shape index (κ2) is 9.27. The van der Waals surface area contributed by atoms with Crippen molar-refractivity contribution in [2.75, 3.05) is 0 Å². The van der Waals surface area contributed by atoms with Crippen molar-refractivity contribution in [2.24, 2.45) is 5.41 Å². The van der Waals surface area contributed by atoms with Crippen molar-refractivity contribution < 1.29 is 14.3 Å². The molecule has 1 aromatic heterocycles. The number of rotatable bonds is 6. The van der Waals surface area contributed by atoms with Crippen LogP contribution in [0.2, 0.25) is 0 Å². The van der Waals surface area contributed by atoms with E-state index in [9.17, 15) is 14.3 Å². The van der Waals surface area contributed by atoms with E-state index in [1.165, 1.54) is 12.1 Å². The summed E-state index contributed by atoms with van der Waals surface area (Å²) in [7, 11) is 0. The number of hydrogen-bond donors (Lipinski definition) is 2. The van der Waals surface area contributed by atoms with Crippen molar-refractivity contribution in [2.45, 2.75) is 51.2 Å². The lowest BCUT2D eigenvalue weighted by Crippen LogP contribution is -2.48. The van der Waals surface area contributed by atoms with Crippen LogP contribution in [-0.4, -0.2) is 32.9 Å². The van der Waals surface area contributed by atoms with Gasteiger partial charge >= 0.3 is 0 Å². The molecule has 2 N–H and O–H groups in total. The van der Waals surface area contributed by atoms with Gasteiger partial charge in [-0.3, -0.25) is 4.79 Å². The minimum atomic E-state index is -0.774. The predicted octanol–water partition coefficient (Wildman–Crippen LogP) is 5.35. The smallest absolute Gasteiger partial charge is 0.226 e. The van der Waals surface area contributed by atoms with Gasteiger partial charge < -0.3 is 10.4 Å². The molecule has 0 aliphatic heterocycles. The van der Waals surface area contributed by atoms with Gasteiger partial charge in [-0.2, -0.15) is 5.10 Å². The van der Waals surface area contributed by atoms with Crippen molar-refractivity contribution in [3.63, 3.8) is 0 Å². The Hall–Kier alpha value is -3.51. The summed E-state index contributed by atoms with van der Waals surface area (Å²) in [5.74, 6) is -0.566. The Kier molecular flexibility index (Phi) is 6.15. The van der Waals surface area contributed by atoms with Crippen LogP contribution in [0.15, 0.2) is 79.0 Å². The topological polar surface area (TPSA) is 67.2 Å². The molecule has 1 heterocycles. The minimum Gasteiger partial charge on any atom is -0.391 e. The van der Waals surface area contributed by atoms with Crippen LogP contribution in [0.3, 0.4) is 0 Å². The second-order valence-electron chi connectivity index (χ2n) is 9.99. The standard InChI is InChI=1S/C29H30FN3O2/c1-29(2,28(35)32-24-9-6-10-26(24)34)27(19-7-4-3-5-8-19)20-11-16-25-21(17-20)18-31-33(25)23-14-12-22(30)13-15-23/h3-5,7-8,11-18,24,26-27,34H,6,9-10H2,1-2H3,(H,32,35)/t24-,26-,27+/m1/s1. The molecule has 0 unspecified atom stereocenters. The van der Waals surface area contributed by atoms with Gasteiger partial charge in [-0.1, -0.05) is 50.2 Å². The number of nitrogens with one attached hydrogen (secondary N) is 1. The molecule has 4 aromatic rings. The van der Waals surface area contributed by atoms with Gasteiger partial charge in [0.25, 0.3) is 0 Å². The molecule has 5 rings (SSSR count). The molecule has 1 saturated carbocycles. The van der Waals surface area contributed by atoms with Gasteiger partial charge in [-0.05, 0) is 66.8 Å². The molecule has 1 amide bonds. The molecule has 6 heteroatoms. The minimum absolute atomic E-state index is 0.0700. The van der Waals surface area contributed by atoms with E-state index in [0.717, 1.165) is 47.0 Å². The highest BCUT2D eigenvalue weighted by Crippen LogP contribution is 2.42. The van der Waals surface area contributed by atoms with Crippen LogP contribution >= 0.6 is 0 Å². The number of aliphatic hydroxyl groups excluding tert-OH is 1. The number of carbonyl (C=O) groups is 1. The van der Waals surface area contributed by atoms with Crippen molar-refractivity contribution in [3.05, 3.63) is 95.9 Å². The number of hydrogen-bond acceptors (Lipinski definition) is 3. The molecule has 5 nitrogen and oxygen atoms in total. The van der Waals surface area contributed by atoms with Gasteiger partial charge in [-0.15, -0.1) is 0 Å². The average Bonchev–Trinajstić information content (AvgIpc) is 3.46. The van der Waals surface area contributed by atoms with E-state index in [2.05, 4.69) is 28.6 Å². The fraction of sp³-hybridized carbons (Fsp3) is 0.310. The van der Waals surface area contributed by atoms with Gasteiger partial charge in [0.05, 0.1) is 35.0 Å². The zero-order valence-electron chi connectivity index (χ0n) is 20.0. The molecule has 0 saturated heterocycles. The maximum absolute atomic E-state index is 13.6. The second-order valence-corrected chi connectivity index (χ2v) is 9.99. The van der Waals surface area contributed by atoms with Gasteiger partial charge in [0, 0.05) is 11.3 Å². The molecule has 180 valence electrons. The molecular weight excluding hydrogens is 441 g/mol. The molecule has 3 atom stereocenters. The first-order chi connectivity index (χ1) is 16.8. The van der Waals surface area contributed by atoms with E-state index in [1.807, 2.05) is 44.2 Å². The van der Waals surface area contributed by atoms with Crippen LogP contribution < -0.4 is 5.32 Å². The molecule has 35 heavy (non-hydrogen) atoms. The molecule has 0 spiro atoms. The summed E-state index contributed by atoms with van der Waals surface area (Å²) in [4.78, 5) is 13.6. The largest absolute Gasteiger partial charge is 0.391 e. The Morgan fingerprint density at radius 3 is 2.49 bits per heavy atom. The van der Waals surface area contributed by atoms with Crippen molar-refractivity contribution in [1.29, 1.82) is 0 Å². The van der Waals surface area contributed by atoms with Crippen LogP contribution in [0.5, 0.6) is 0 Å². The summed E-state index contributed by atoms with van der Waals surface area (Å²) < 4.78 is 15.2. The molecule has 0 radical (unpaired) electrons. The molecule has 1 fully saturated rings. The average molecular weight is 472 g/mol. The number of aromatic nitrogens is 2. The van der Waals surface area contributed by atoms with Crippen LogP contribution in [0.25, 0.3) is 16.6 Å². The van der Waals surface area contributed by atoms with E-state index in [1.54, 1.807) is 23.0 Å². The number of halogens is 1. The van der Waals surface area contributed by atoms with Crippen molar-refractivity contribution in [3.8, 4) is 5.69 Å². The Morgan fingerprint density at radius 2 is 1.80 bits per heavy atom. The third kappa shape index (κ3) is 4.46. The maximum atomic E-state index is 13.6. The third-order valence-electron chi connectivity index (χ3n) is 7.23. The summed E-state index contributed by atoms with van der Waals surface area (Å²) in [6.45, 7) is 3.93. The zero-order chi connectivity index (χ0) is 24.6. The third-order valence-corrected chi connectivity index (χ3v) is 7.23. The lowest BCUT2D eigenvalue weighted by Gasteiger charge is -2.35. The van der Waals surface area contributed by atoms with Gasteiger partial charge in [0.2, 0.25) is 5.91 Å². The summed E-state index contributed by atoms with van der Waals surface area (Å²) in [5.41, 5.74) is 2.97. The van der Waals surface area contributed by atoms with Crippen molar-refractivity contribution >= 4 is 16.8 Å². The van der Waals surface area contributed by atoms with Crippen LogP contribution in [0, 0.1) is 11.2 Å². The monoisotopic (exact) mass is 471 g/mol. The molecule has 1 aliphatic rings. The van der Waals surface area contributed by atoms with Crippen LogP contribution in [-0.2, 0) is 4.79 Å². The van der Waals surface area contributed by atoms with E-state index in [0.29, 0.717) is 0 Å². The number of carbonyl (C=O) groups excluding carboxylic acids is 1. The Balaban J connectivity index is 1.53. The number of amides is 1. The summed E-state index contributed by atoms with van der Waals surface area (Å²) in [5, 5.41) is 18.9. The van der Waals surface area contributed by atoms with Gasteiger partial charge in [0.1, 0.15) is 5.82 Å². The molecular formula is C29H30FN3O2. The Bertz CT molecular complexity index is 1330. The first kappa shape index (κ1) is 23.2. The van der Waals surface area contributed by atoms with E-state index in [-0.39, 0.29) is 23.7 Å². The molecule has 3 aromatic carbocycles. The van der Waals surface area contributed by atoms with E-state index < -0.39 is 11.5 Å². The predicted molar refractivity (Wildman–Crippen MR) is 135 cm³/mol. The number of benzene rings is 3. The molecule has 1 aliphatic carbocycles. The van der Waals surface area contributed by atoms with E-state index >= 15 is 0 Å².